The Kier molecular flexibility index (Phi) is 7.47. The maximum atomic E-state index is 5.94. The molecule has 3 nitrogen and oxygen atoms in total. The van der Waals surface area contributed by atoms with Crippen LogP contribution in [0.2, 0.25) is 12.1 Å². The van der Waals surface area contributed by atoms with Gasteiger partial charge in [-0.25, -0.2) is 0 Å². The highest BCUT2D eigenvalue weighted by molar-refractivity contribution is 6.67. The zero-order valence-corrected chi connectivity index (χ0v) is 13.0. The van der Waals surface area contributed by atoms with Crippen molar-refractivity contribution >= 4 is 8.56 Å². The van der Waals surface area contributed by atoms with Crippen molar-refractivity contribution in [3.05, 3.63) is 0 Å². The second-order valence-electron chi connectivity index (χ2n) is 5.25. The number of hydrogen-bond donors (Lipinski definition) is 0. The summed E-state index contributed by atoms with van der Waals surface area (Å²) in [5, 5.41) is 0. The Labute approximate surface area is 103 Å². The zero-order valence-electron chi connectivity index (χ0n) is 12.0. The first kappa shape index (κ1) is 16.1. The minimum Gasteiger partial charge on any atom is -0.394 e. The lowest BCUT2D eigenvalue weighted by atomic mass is 10.4. The summed E-state index contributed by atoms with van der Waals surface area (Å²) in [6.45, 7) is 9.08. The maximum absolute atomic E-state index is 5.94. The standard InChI is InChI=1S/C12H30NO2Si/c1-7-14-16(9-3,15-8-2)12-10-11-13(4,5)6/h7-12H2,1-6H3/q+1. The fourth-order valence-electron chi connectivity index (χ4n) is 1.92. The molecule has 0 aromatic rings. The van der Waals surface area contributed by atoms with Crippen molar-refractivity contribution in [2.75, 3.05) is 40.9 Å². The molecule has 0 atom stereocenters. The van der Waals surface area contributed by atoms with Gasteiger partial charge in [0.05, 0.1) is 27.7 Å². The van der Waals surface area contributed by atoms with Crippen LogP contribution in [0.5, 0.6) is 0 Å². The van der Waals surface area contributed by atoms with Crippen LogP contribution >= 0.6 is 0 Å². The van der Waals surface area contributed by atoms with E-state index < -0.39 is 8.56 Å². The summed E-state index contributed by atoms with van der Waals surface area (Å²) in [4.78, 5) is 0. The van der Waals surface area contributed by atoms with Gasteiger partial charge in [-0.05, 0) is 32.4 Å². The van der Waals surface area contributed by atoms with Crippen LogP contribution in [-0.2, 0) is 8.85 Å². The summed E-state index contributed by atoms with van der Waals surface area (Å²) in [6.07, 6.45) is 1.20. The molecule has 0 radical (unpaired) electrons. The molecule has 0 bridgehead atoms. The van der Waals surface area contributed by atoms with Gasteiger partial charge in [0, 0.05) is 13.2 Å². The molecule has 0 heterocycles. The number of hydrogen-bond acceptors (Lipinski definition) is 2. The van der Waals surface area contributed by atoms with Gasteiger partial charge in [0.2, 0.25) is 0 Å². The molecule has 0 rings (SSSR count). The zero-order chi connectivity index (χ0) is 12.7. The van der Waals surface area contributed by atoms with E-state index in [2.05, 4.69) is 41.9 Å². The van der Waals surface area contributed by atoms with Gasteiger partial charge < -0.3 is 13.3 Å². The molecule has 4 heteroatoms. The minimum atomic E-state index is -1.88. The molecule has 0 aliphatic carbocycles. The first-order valence-corrected chi connectivity index (χ1v) is 8.70. The van der Waals surface area contributed by atoms with Crippen LogP contribution in [0.1, 0.15) is 27.2 Å². The van der Waals surface area contributed by atoms with Crippen molar-refractivity contribution in [2.24, 2.45) is 0 Å². The summed E-state index contributed by atoms with van der Waals surface area (Å²) >= 11 is 0. The smallest absolute Gasteiger partial charge is 0.338 e. The van der Waals surface area contributed by atoms with Crippen molar-refractivity contribution < 1.29 is 13.3 Å². The molecule has 0 aromatic heterocycles. The Morgan fingerprint density at radius 2 is 1.44 bits per heavy atom. The molecular weight excluding hydrogens is 218 g/mol. The first-order valence-electron chi connectivity index (χ1n) is 6.47. The Morgan fingerprint density at radius 3 is 1.75 bits per heavy atom. The van der Waals surface area contributed by atoms with Crippen LogP contribution in [0.3, 0.4) is 0 Å². The van der Waals surface area contributed by atoms with E-state index in [0.29, 0.717) is 0 Å². The van der Waals surface area contributed by atoms with E-state index in [0.717, 1.165) is 29.8 Å². The molecule has 0 aliphatic rings. The molecular formula is C12H30NO2Si+. The van der Waals surface area contributed by atoms with E-state index in [1.807, 2.05) is 0 Å². The fourth-order valence-corrected chi connectivity index (χ4v) is 4.80. The largest absolute Gasteiger partial charge is 0.394 e. The Balaban J connectivity index is 4.19. The summed E-state index contributed by atoms with van der Waals surface area (Å²) in [5.74, 6) is 0. The molecule has 0 N–H and O–H groups in total. The van der Waals surface area contributed by atoms with Crippen LogP contribution in [0.4, 0.5) is 0 Å². The predicted octanol–water partition coefficient (Wildman–Crippen LogP) is 2.62. The normalized spacial score (nSPS) is 13.1. The summed E-state index contributed by atoms with van der Waals surface area (Å²) < 4.78 is 12.9. The van der Waals surface area contributed by atoms with Crippen molar-refractivity contribution in [3.8, 4) is 0 Å². The number of quaternary nitrogens is 1. The first-order chi connectivity index (χ1) is 7.39. The Bertz CT molecular complexity index is 174. The number of rotatable bonds is 9. The molecule has 98 valence electrons. The maximum Gasteiger partial charge on any atom is 0.338 e. The Morgan fingerprint density at radius 1 is 0.938 bits per heavy atom. The van der Waals surface area contributed by atoms with E-state index in [9.17, 15) is 0 Å². The lowest BCUT2D eigenvalue weighted by molar-refractivity contribution is -0.870. The van der Waals surface area contributed by atoms with Crippen LogP contribution < -0.4 is 0 Å². The highest BCUT2D eigenvalue weighted by Gasteiger charge is 2.34. The van der Waals surface area contributed by atoms with E-state index in [1.54, 1.807) is 0 Å². The van der Waals surface area contributed by atoms with Crippen molar-refractivity contribution in [1.29, 1.82) is 0 Å². The third-order valence-electron chi connectivity index (χ3n) is 2.74. The van der Waals surface area contributed by atoms with Crippen molar-refractivity contribution in [1.82, 2.24) is 0 Å². The van der Waals surface area contributed by atoms with Crippen LogP contribution in [-0.4, -0.2) is 53.9 Å². The molecule has 0 aliphatic heterocycles. The van der Waals surface area contributed by atoms with E-state index in [-0.39, 0.29) is 0 Å². The molecule has 16 heavy (non-hydrogen) atoms. The quantitative estimate of drug-likeness (QED) is 0.461. The number of nitrogens with zero attached hydrogens (tertiary/aromatic N) is 1. The van der Waals surface area contributed by atoms with Crippen LogP contribution in [0.15, 0.2) is 0 Å². The van der Waals surface area contributed by atoms with E-state index >= 15 is 0 Å². The van der Waals surface area contributed by atoms with Gasteiger partial charge in [-0.1, -0.05) is 6.92 Å². The van der Waals surface area contributed by atoms with Gasteiger partial charge in [0.15, 0.2) is 0 Å². The molecule has 0 saturated carbocycles. The SMILES string of the molecule is CCO[Si](CC)(CCC[N+](C)(C)C)OCC. The van der Waals surface area contributed by atoms with Gasteiger partial charge in [0.25, 0.3) is 0 Å². The van der Waals surface area contributed by atoms with Gasteiger partial charge in [-0.15, -0.1) is 0 Å². The predicted molar refractivity (Wildman–Crippen MR) is 71.8 cm³/mol. The third-order valence-corrected chi connectivity index (χ3v) is 6.56. The molecule has 0 unspecified atom stereocenters. The van der Waals surface area contributed by atoms with Gasteiger partial charge in [0.1, 0.15) is 0 Å². The van der Waals surface area contributed by atoms with Gasteiger partial charge in [-0.2, -0.15) is 0 Å². The summed E-state index contributed by atoms with van der Waals surface area (Å²) in [6, 6.07) is 2.19. The van der Waals surface area contributed by atoms with Crippen molar-refractivity contribution in [3.63, 3.8) is 0 Å². The Hall–Kier alpha value is 0.0969. The van der Waals surface area contributed by atoms with Crippen LogP contribution in [0.25, 0.3) is 0 Å². The minimum absolute atomic E-state index is 0.782. The monoisotopic (exact) mass is 248 g/mol. The second-order valence-corrected chi connectivity index (χ2v) is 8.85. The van der Waals surface area contributed by atoms with Crippen LogP contribution in [0, 0.1) is 0 Å². The van der Waals surface area contributed by atoms with E-state index in [1.165, 1.54) is 13.0 Å². The lowest BCUT2D eigenvalue weighted by Gasteiger charge is -2.30. The molecule has 0 spiro atoms. The molecule has 0 fully saturated rings. The third kappa shape index (κ3) is 6.63. The fraction of sp³-hybridized carbons (Fsp3) is 1.00. The topological polar surface area (TPSA) is 18.5 Å². The second kappa shape index (κ2) is 7.43. The average molecular weight is 248 g/mol. The summed E-state index contributed by atoms with van der Waals surface area (Å²) in [7, 11) is 4.82. The molecule has 0 amide bonds. The molecule has 0 saturated heterocycles. The highest BCUT2D eigenvalue weighted by Crippen LogP contribution is 2.21. The highest BCUT2D eigenvalue weighted by atomic mass is 28.4. The van der Waals surface area contributed by atoms with Gasteiger partial charge in [-0.3, -0.25) is 0 Å². The van der Waals surface area contributed by atoms with E-state index in [4.69, 9.17) is 8.85 Å². The van der Waals surface area contributed by atoms with Crippen molar-refractivity contribution in [2.45, 2.75) is 39.3 Å². The summed E-state index contributed by atoms with van der Waals surface area (Å²) in [5.41, 5.74) is 0. The average Bonchev–Trinajstić information content (AvgIpc) is 2.16. The molecule has 0 aromatic carbocycles. The lowest BCUT2D eigenvalue weighted by Crippen LogP contribution is -2.43. The van der Waals surface area contributed by atoms with Gasteiger partial charge >= 0.3 is 8.56 Å².